The number of piperazine rings is 1. The molecule has 1 heterocycles. The van der Waals surface area contributed by atoms with E-state index in [2.05, 4.69) is 5.32 Å². The van der Waals surface area contributed by atoms with Crippen molar-refractivity contribution in [1.82, 2.24) is 9.62 Å². The van der Waals surface area contributed by atoms with Crippen molar-refractivity contribution in [2.24, 2.45) is 0 Å². The van der Waals surface area contributed by atoms with Crippen molar-refractivity contribution >= 4 is 15.9 Å². The molecule has 2 N–H and O–H groups in total. The third kappa shape index (κ3) is 4.05. The van der Waals surface area contributed by atoms with Gasteiger partial charge >= 0.3 is 0 Å². The fourth-order valence-electron chi connectivity index (χ4n) is 3.88. The molecule has 1 saturated heterocycles. The van der Waals surface area contributed by atoms with E-state index in [9.17, 15) is 13.2 Å². The molecule has 7 heteroatoms. The Morgan fingerprint density at radius 1 is 1.11 bits per heavy atom. The van der Waals surface area contributed by atoms with Crippen LogP contribution in [0, 0.1) is 27.7 Å². The van der Waals surface area contributed by atoms with Crippen molar-refractivity contribution in [3.63, 3.8) is 0 Å². The van der Waals surface area contributed by atoms with Crippen molar-refractivity contribution in [3.05, 3.63) is 28.3 Å². The second-order valence-electron chi connectivity index (χ2n) is 8.16. The van der Waals surface area contributed by atoms with Crippen LogP contribution >= 0.6 is 0 Å². The SMILES string of the molecule is Cc1cc(C)c(C)c(S(=O)(=O)N2CC[NH+]([C@@H](C)C(=O)NC3CC3)CC2)c1C. The molecule has 1 atom stereocenters. The molecule has 1 aromatic carbocycles. The van der Waals surface area contributed by atoms with Crippen molar-refractivity contribution in [2.45, 2.75) is 64.4 Å². The quantitative estimate of drug-likeness (QED) is 0.763. The van der Waals surface area contributed by atoms with Crippen molar-refractivity contribution < 1.29 is 18.1 Å². The van der Waals surface area contributed by atoms with Crippen LogP contribution in [0.1, 0.15) is 42.0 Å². The lowest BCUT2D eigenvalue weighted by Gasteiger charge is -2.34. The summed E-state index contributed by atoms with van der Waals surface area (Å²) >= 11 is 0. The van der Waals surface area contributed by atoms with E-state index in [1.165, 1.54) is 0 Å². The Labute approximate surface area is 163 Å². The van der Waals surface area contributed by atoms with E-state index in [1.807, 2.05) is 40.7 Å². The van der Waals surface area contributed by atoms with E-state index >= 15 is 0 Å². The molecule has 6 nitrogen and oxygen atoms in total. The minimum atomic E-state index is -3.53. The molecule has 3 rings (SSSR count). The molecular weight excluding hydrogens is 362 g/mol. The molecule has 0 spiro atoms. The second kappa shape index (κ2) is 7.53. The van der Waals surface area contributed by atoms with Gasteiger partial charge in [0.25, 0.3) is 5.91 Å². The summed E-state index contributed by atoms with van der Waals surface area (Å²) in [6.07, 6.45) is 2.16. The van der Waals surface area contributed by atoms with Crippen LogP contribution in [0.4, 0.5) is 0 Å². The number of carbonyl (C=O) groups excluding carboxylic acids is 1. The Kier molecular flexibility index (Phi) is 5.66. The third-order valence-corrected chi connectivity index (χ3v) is 8.36. The normalized spacial score (nSPS) is 20.5. The summed E-state index contributed by atoms with van der Waals surface area (Å²) in [5.41, 5.74) is 3.69. The molecule has 1 saturated carbocycles. The van der Waals surface area contributed by atoms with Gasteiger partial charge in [-0.1, -0.05) is 6.07 Å². The summed E-state index contributed by atoms with van der Waals surface area (Å²) in [7, 11) is -3.53. The number of benzene rings is 1. The third-order valence-electron chi connectivity index (χ3n) is 6.19. The Hall–Kier alpha value is -1.44. The topological polar surface area (TPSA) is 70.9 Å². The predicted octanol–water partition coefficient (Wildman–Crippen LogP) is 0.477. The van der Waals surface area contributed by atoms with Gasteiger partial charge in [0.2, 0.25) is 10.0 Å². The van der Waals surface area contributed by atoms with Gasteiger partial charge in [-0.15, -0.1) is 0 Å². The highest BCUT2D eigenvalue weighted by Crippen LogP contribution is 2.28. The number of quaternary nitrogens is 1. The lowest BCUT2D eigenvalue weighted by molar-refractivity contribution is -0.917. The molecule has 0 bridgehead atoms. The number of nitrogens with zero attached hydrogens (tertiary/aromatic N) is 1. The van der Waals surface area contributed by atoms with Gasteiger partial charge in [-0.3, -0.25) is 4.79 Å². The number of amides is 1. The molecule has 1 aromatic rings. The molecule has 0 aromatic heterocycles. The Morgan fingerprint density at radius 2 is 1.63 bits per heavy atom. The van der Waals surface area contributed by atoms with E-state index in [1.54, 1.807) is 4.31 Å². The maximum Gasteiger partial charge on any atom is 0.278 e. The van der Waals surface area contributed by atoms with Gasteiger partial charge in [-0.2, -0.15) is 4.31 Å². The highest BCUT2D eigenvalue weighted by Gasteiger charge is 2.37. The van der Waals surface area contributed by atoms with Gasteiger partial charge in [0.05, 0.1) is 31.1 Å². The summed E-state index contributed by atoms with van der Waals surface area (Å²) in [5, 5.41) is 3.05. The van der Waals surface area contributed by atoms with E-state index in [0.717, 1.165) is 40.0 Å². The summed E-state index contributed by atoms with van der Waals surface area (Å²) < 4.78 is 28.3. The first-order chi connectivity index (χ1) is 12.6. The Bertz CT molecular complexity index is 812. The standard InChI is InChI=1S/C20H31N3O3S/c1-13-12-14(2)16(4)19(15(13)3)27(25,26)23-10-8-22(9-11-23)17(5)20(24)21-18-6-7-18/h12,17-18H,6-11H2,1-5H3,(H,21,24)/p+1/t17-/m0/s1. The largest absolute Gasteiger partial charge is 0.348 e. The molecule has 1 aliphatic heterocycles. The molecule has 2 fully saturated rings. The molecule has 150 valence electrons. The molecule has 1 aliphatic carbocycles. The van der Waals surface area contributed by atoms with Crippen LogP contribution < -0.4 is 10.2 Å². The van der Waals surface area contributed by atoms with Crippen LogP contribution in [0.15, 0.2) is 11.0 Å². The van der Waals surface area contributed by atoms with Gasteiger partial charge in [0.15, 0.2) is 6.04 Å². The number of rotatable bonds is 5. The number of carbonyl (C=O) groups is 1. The van der Waals surface area contributed by atoms with Gasteiger partial charge in [-0.25, -0.2) is 8.42 Å². The summed E-state index contributed by atoms with van der Waals surface area (Å²) in [6, 6.07) is 2.27. The average molecular weight is 395 g/mol. The fraction of sp³-hybridized carbons (Fsp3) is 0.650. The van der Waals surface area contributed by atoms with Crippen molar-refractivity contribution in [1.29, 1.82) is 0 Å². The first kappa shape index (κ1) is 20.3. The van der Waals surface area contributed by atoms with Crippen molar-refractivity contribution in [3.8, 4) is 0 Å². The Balaban J connectivity index is 1.73. The predicted molar refractivity (Wildman–Crippen MR) is 105 cm³/mol. The van der Waals surface area contributed by atoms with Gasteiger partial charge in [-0.05, 0) is 69.7 Å². The van der Waals surface area contributed by atoms with Crippen LogP contribution in [0.2, 0.25) is 0 Å². The van der Waals surface area contributed by atoms with Crippen molar-refractivity contribution in [2.75, 3.05) is 26.2 Å². The summed E-state index contributed by atoms with van der Waals surface area (Å²) in [6.45, 7) is 11.8. The zero-order valence-electron chi connectivity index (χ0n) is 17.1. The lowest BCUT2D eigenvalue weighted by atomic mass is 10.0. The first-order valence-corrected chi connectivity index (χ1v) is 11.3. The smallest absolute Gasteiger partial charge is 0.278 e. The zero-order valence-corrected chi connectivity index (χ0v) is 17.9. The number of sulfonamides is 1. The number of hydrogen-bond donors (Lipinski definition) is 2. The fourth-order valence-corrected chi connectivity index (χ4v) is 5.90. The Morgan fingerprint density at radius 3 is 2.11 bits per heavy atom. The van der Waals surface area contributed by atoms with Gasteiger partial charge in [0.1, 0.15) is 0 Å². The molecule has 27 heavy (non-hydrogen) atoms. The molecule has 0 radical (unpaired) electrons. The van der Waals surface area contributed by atoms with Gasteiger partial charge in [0, 0.05) is 6.04 Å². The van der Waals surface area contributed by atoms with Crippen LogP contribution in [-0.4, -0.2) is 56.9 Å². The van der Waals surface area contributed by atoms with E-state index in [0.29, 0.717) is 37.1 Å². The zero-order chi connectivity index (χ0) is 19.9. The van der Waals surface area contributed by atoms with Gasteiger partial charge < -0.3 is 10.2 Å². The monoisotopic (exact) mass is 394 g/mol. The highest BCUT2D eigenvalue weighted by molar-refractivity contribution is 7.89. The second-order valence-corrected chi connectivity index (χ2v) is 10.0. The molecule has 2 aliphatic rings. The van der Waals surface area contributed by atoms with Crippen LogP contribution in [0.5, 0.6) is 0 Å². The summed E-state index contributed by atoms with van der Waals surface area (Å²) in [4.78, 5) is 13.9. The number of hydrogen-bond acceptors (Lipinski definition) is 3. The maximum atomic E-state index is 13.3. The van der Waals surface area contributed by atoms with Crippen LogP contribution in [0.25, 0.3) is 0 Å². The maximum absolute atomic E-state index is 13.3. The first-order valence-electron chi connectivity index (χ1n) is 9.85. The lowest BCUT2D eigenvalue weighted by Crippen LogP contribution is -3.19. The average Bonchev–Trinajstić information content (AvgIpc) is 3.43. The highest BCUT2D eigenvalue weighted by atomic mass is 32.2. The minimum absolute atomic E-state index is 0.0878. The number of aryl methyl sites for hydroxylation is 2. The van der Waals surface area contributed by atoms with E-state index in [4.69, 9.17) is 0 Å². The molecule has 0 unspecified atom stereocenters. The summed E-state index contributed by atoms with van der Waals surface area (Å²) in [5.74, 6) is 0.0878. The molecule has 1 amide bonds. The van der Waals surface area contributed by atoms with E-state index < -0.39 is 10.0 Å². The molecular formula is C20H32N3O3S+. The number of nitrogens with one attached hydrogen (secondary N) is 2. The minimum Gasteiger partial charge on any atom is -0.348 e. The van der Waals surface area contributed by atoms with Crippen LogP contribution in [0.3, 0.4) is 0 Å². The van der Waals surface area contributed by atoms with Crippen LogP contribution in [-0.2, 0) is 14.8 Å². The van der Waals surface area contributed by atoms with E-state index in [-0.39, 0.29) is 11.9 Å².